The summed E-state index contributed by atoms with van der Waals surface area (Å²) in [7, 11) is 0. The fourth-order valence-corrected chi connectivity index (χ4v) is 4.70. The van der Waals surface area contributed by atoms with E-state index in [9.17, 15) is 27.9 Å². The number of alkyl halides is 3. The van der Waals surface area contributed by atoms with Gasteiger partial charge in [0.15, 0.2) is 0 Å². The number of carboxylic acids is 1. The van der Waals surface area contributed by atoms with Crippen LogP contribution in [0.15, 0.2) is 45.7 Å². The number of thiocarbonyl (C=S) groups is 1. The molecule has 1 amide bonds. The molecular weight excluding hydrogens is 471 g/mol. The number of rotatable bonds is 7. The summed E-state index contributed by atoms with van der Waals surface area (Å²) in [6, 6.07) is 6.67. The van der Waals surface area contributed by atoms with E-state index in [1.165, 1.54) is 42.1 Å². The van der Waals surface area contributed by atoms with Gasteiger partial charge in [0.2, 0.25) is 0 Å². The minimum atomic E-state index is -4.48. The van der Waals surface area contributed by atoms with Gasteiger partial charge in [-0.3, -0.25) is 9.69 Å². The van der Waals surface area contributed by atoms with E-state index in [1.807, 2.05) is 6.26 Å². The van der Waals surface area contributed by atoms with E-state index >= 15 is 0 Å². The molecule has 31 heavy (non-hydrogen) atoms. The third kappa shape index (κ3) is 5.34. The van der Waals surface area contributed by atoms with Gasteiger partial charge in [-0.25, -0.2) is 4.79 Å². The van der Waals surface area contributed by atoms with Gasteiger partial charge in [0, 0.05) is 11.6 Å². The number of carbonyl (C=O) groups excluding carboxylic acids is 1. The molecule has 1 saturated heterocycles. The van der Waals surface area contributed by atoms with Crippen LogP contribution in [-0.4, -0.2) is 44.3 Å². The average molecular weight is 488 g/mol. The van der Waals surface area contributed by atoms with Crippen molar-refractivity contribution in [1.82, 2.24) is 4.90 Å². The lowest BCUT2D eigenvalue weighted by molar-refractivity contribution is -0.145. The van der Waals surface area contributed by atoms with E-state index in [2.05, 4.69) is 0 Å². The van der Waals surface area contributed by atoms with E-state index in [0.717, 1.165) is 28.8 Å². The number of amides is 1. The van der Waals surface area contributed by atoms with Crippen LogP contribution in [0.25, 0.3) is 17.4 Å². The predicted molar refractivity (Wildman–Crippen MR) is 119 cm³/mol. The maximum absolute atomic E-state index is 12.9. The second-order valence-electron chi connectivity index (χ2n) is 6.47. The molecule has 164 valence electrons. The predicted octanol–water partition coefficient (Wildman–Crippen LogP) is 5.37. The number of hydrogen-bond donors (Lipinski definition) is 1. The number of nitrogens with zero attached hydrogens (tertiary/aromatic N) is 1. The van der Waals surface area contributed by atoms with Crippen LogP contribution in [0.5, 0.6) is 0 Å². The quantitative estimate of drug-likeness (QED) is 0.416. The second kappa shape index (κ2) is 9.49. The van der Waals surface area contributed by atoms with E-state index in [-0.39, 0.29) is 32.7 Å². The Labute approximate surface area is 189 Å². The summed E-state index contributed by atoms with van der Waals surface area (Å²) in [5.41, 5.74) is -0.557. The van der Waals surface area contributed by atoms with Crippen LogP contribution in [0.1, 0.15) is 17.7 Å². The van der Waals surface area contributed by atoms with Crippen molar-refractivity contribution in [3.05, 3.63) is 52.6 Å². The van der Waals surface area contributed by atoms with Crippen molar-refractivity contribution < 1.29 is 32.3 Å². The van der Waals surface area contributed by atoms with E-state index < -0.39 is 29.7 Å². The Morgan fingerprint density at radius 3 is 2.74 bits per heavy atom. The van der Waals surface area contributed by atoms with E-state index in [0.29, 0.717) is 5.75 Å². The van der Waals surface area contributed by atoms with Crippen molar-refractivity contribution in [3.63, 3.8) is 0 Å². The molecule has 0 saturated carbocycles. The summed E-state index contributed by atoms with van der Waals surface area (Å²) in [6.45, 7) is 0. The Morgan fingerprint density at radius 2 is 2.10 bits per heavy atom. The van der Waals surface area contributed by atoms with Crippen LogP contribution >= 0.6 is 35.7 Å². The molecule has 0 radical (unpaired) electrons. The minimum Gasteiger partial charge on any atom is -0.480 e. The zero-order valence-corrected chi connectivity index (χ0v) is 18.5. The Kier molecular flexibility index (Phi) is 7.17. The molecule has 0 spiro atoms. The lowest BCUT2D eigenvalue weighted by atomic mass is 10.1. The van der Waals surface area contributed by atoms with Gasteiger partial charge in [-0.05, 0) is 42.7 Å². The number of benzene rings is 1. The maximum Gasteiger partial charge on any atom is 0.416 e. The Morgan fingerprint density at radius 1 is 1.35 bits per heavy atom. The van der Waals surface area contributed by atoms with Gasteiger partial charge in [0.1, 0.15) is 21.9 Å². The number of thioether (sulfide) groups is 2. The van der Waals surface area contributed by atoms with Crippen molar-refractivity contribution >= 4 is 58.0 Å². The maximum atomic E-state index is 12.9. The zero-order valence-electron chi connectivity index (χ0n) is 16.0. The van der Waals surface area contributed by atoms with Crippen molar-refractivity contribution in [2.24, 2.45) is 0 Å². The lowest BCUT2D eigenvalue weighted by Crippen LogP contribution is -2.44. The Hall–Kier alpha value is -2.24. The van der Waals surface area contributed by atoms with Gasteiger partial charge >= 0.3 is 12.1 Å². The summed E-state index contributed by atoms with van der Waals surface area (Å²) in [6.07, 6.45) is -0.987. The van der Waals surface area contributed by atoms with Crippen LogP contribution in [0.2, 0.25) is 0 Å². The molecule has 0 aliphatic carbocycles. The first-order chi connectivity index (χ1) is 14.6. The fourth-order valence-electron chi connectivity index (χ4n) is 2.90. The molecule has 1 aliphatic heterocycles. The molecule has 0 bridgehead atoms. The molecule has 3 rings (SSSR count). The van der Waals surface area contributed by atoms with Gasteiger partial charge in [-0.15, -0.1) is 0 Å². The molecule has 1 atom stereocenters. The Bertz CT molecular complexity index is 1050. The molecule has 2 aromatic rings. The highest BCUT2D eigenvalue weighted by Crippen LogP contribution is 2.36. The van der Waals surface area contributed by atoms with Gasteiger partial charge in [0.05, 0.1) is 10.5 Å². The van der Waals surface area contributed by atoms with E-state index in [1.54, 1.807) is 0 Å². The molecule has 1 N–H and O–H groups in total. The topological polar surface area (TPSA) is 70.8 Å². The second-order valence-corrected chi connectivity index (χ2v) is 9.13. The van der Waals surface area contributed by atoms with Crippen molar-refractivity contribution in [2.45, 2.75) is 18.6 Å². The SMILES string of the molecule is CSCCC(C(=O)O)N1C(=O)/C(=C\c2ccc(-c3cccc(C(F)(F)F)c3)o2)SC1=S. The normalized spacial score (nSPS) is 16.9. The van der Waals surface area contributed by atoms with Gasteiger partial charge in [0.25, 0.3) is 5.91 Å². The monoisotopic (exact) mass is 487 g/mol. The molecule has 2 heterocycles. The number of furan rings is 1. The lowest BCUT2D eigenvalue weighted by Gasteiger charge is -2.22. The smallest absolute Gasteiger partial charge is 0.416 e. The van der Waals surface area contributed by atoms with Crippen molar-refractivity contribution in [2.75, 3.05) is 12.0 Å². The van der Waals surface area contributed by atoms with E-state index in [4.69, 9.17) is 16.6 Å². The molecule has 1 fully saturated rings. The zero-order chi connectivity index (χ0) is 22.8. The highest BCUT2D eigenvalue weighted by molar-refractivity contribution is 8.26. The molecule has 5 nitrogen and oxygen atoms in total. The van der Waals surface area contributed by atoms with Crippen LogP contribution in [0.4, 0.5) is 13.2 Å². The third-order valence-electron chi connectivity index (χ3n) is 4.39. The highest BCUT2D eigenvalue weighted by atomic mass is 32.2. The highest BCUT2D eigenvalue weighted by Gasteiger charge is 2.40. The van der Waals surface area contributed by atoms with Crippen LogP contribution < -0.4 is 0 Å². The fraction of sp³-hybridized carbons (Fsp3) is 0.250. The number of carboxylic acid groups (broad SMARTS) is 1. The van der Waals surface area contributed by atoms with Gasteiger partial charge < -0.3 is 9.52 Å². The number of carbonyl (C=O) groups is 2. The van der Waals surface area contributed by atoms with Gasteiger partial charge in [-0.2, -0.15) is 24.9 Å². The third-order valence-corrected chi connectivity index (χ3v) is 6.36. The molecular formula is C20H16F3NO4S3. The summed E-state index contributed by atoms with van der Waals surface area (Å²) >= 11 is 7.63. The molecule has 1 aromatic heterocycles. The summed E-state index contributed by atoms with van der Waals surface area (Å²) in [5.74, 6) is -0.692. The van der Waals surface area contributed by atoms with Crippen molar-refractivity contribution in [3.8, 4) is 11.3 Å². The van der Waals surface area contributed by atoms with Gasteiger partial charge in [-0.1, -0.05) is 36.1 Å². The largest absolute Gasteiger partial charge is 0.480 e. The summed E-state index contributed by atoms with van der Waals surface area (Å²) < 4.78 is 44.5. The van der Waals surface area contributed by atoms with Crippen molar-refractivity contribution in [1.29, 1.82) is 0 Å². The Balaban J connectivity index is 1.84. The van der Waals surface area contributed by atoms with Crippen LogP contribution in [0, 0.1) is 0 Å². The molecule has 1 aromatic carbocycles. The first-order valence-electron chi connectivity index (χ1n) is 8.88. The average Bonchev–Trinajstić information content (AvgIpc) is 3.27. The molecule has 1 unspecified atom stereocenters. The molecule has 11 heteroatoms. The number of aliphatic carboxylic acids is 1. The summed E-state index contributed by atoms with van der Waals surface area (Å²) in [5, 5.41) is 9.49. The minimum absolute atomic E-state index is 0.134. The van der Waals surface area contributed by atoms with Crippen LogP contribution in [0.3, 0.4) is 0 Å². The summed E-state index contributed by atoms with van der Waals surface area (Å²) in [4.78, 5) is 25.7. The number of hydrogen-bond acceptors (Lipinski definition) is 6. The molecule has 1 aliphatic rings. The number of halogens is 3. The first-order valence-corrected chi connectivity index (χ1v) is 11.5. The standard InChI is InChI=1S/C20H16F3NO4S3/c1-30-8-7-14(18(26)27)24-17(25)16(31-19(24)29)10-13-5-6-15(28-13)11-3-2-4-12(9-11)20(21,22)23/h2-6,9-10,14H,7-8H2,1H3,(H,26,27)/b16-10+. The first kappa shape index (κ1) is 23.4. The van der Waals surface area contributed by atoms with Crippen LogP contribution in [-0.2, 0) is 15.8 Å².